The Kier molecular flexibility index (Phi) is 9.32. The molecule has 0 spiro atoms. The van der Waals surface area contributed by atoms with Crippen molar-refractivity contribution >= 4 is 17.6 Å². The minimum absolute atomic E-state index is 0.0539. The van der Waals surface area contributed by atoms with Crippen LogP contribution in [0.1, 0.15) is 75.3 Å². The summed E-state index contributed by atoms with van der Waals surface area (Å²) in [4.78, 5) is 41.9. The number of ketones is 1. The van der Waals surface area contributed by atoms with Gasteiger partial charge in [0, 0.05) is 36.8 Å². The zero-order valence-electron chi connectivity index (χ0n) is 21.3. The molecular formula is C31H40N2O3. The Morgan fingerprint density at radius 2 is 1.11 bits per heavy atom. The molecule has 0 radical (unpaired) electrons. The zero-order chi connectivity index (χ0) is 25.3. The normalized spacial score (nSPS) is 18.1. The minimum Gasteiger partial charge on any atom is -0.369 e. The van der Waals surface area contributed by atoms with E-state index in [0.29, 0.717) is 24.9 Å². The molecule has 0 bridgehead atoms. The molecule has 2 amide bonds. The van der Waals surface area contributed by atoms with Crippen molar-refractivity contribution in [3.8, 4) is 0 Å². The first-order valence-corrected chi connectivity index (χ1v) is 13.7. The van der Waals surface area contributed by atoms with Gasteiger partial charge < -0.3 is 10.6 Å². The van der Waals surface area contributed by atoms with Crippen LogP contribution < -0.4 is 5.73 Å². The lowest BCUT2D eigenvalue weighted by atomic mass is 9.87. The number of hydrogen-bond acceptors (Lipinski definition) is 3. The molecule has 2 aliphatic carbocycles. The van der Waals surface area contributed by atoms with Crippen molar-refractivity contribution in [3.05, 3.63) is 71.8 Å². The van der Waals surface area contributed by atoms with E-state index in [1.165, 1.54) is 25.7 Å². The number of nitrogens with zero attached hydrogens (tertiary/aromatic N) is 1. The van der Waals surface area contributed by atoms with E-state index in [4.69, 9.17) is 5.73 Å². The van der Waals surface area contributed by atoms with Gasteiger partial charge in [-0.25, -0.2) is 0 Å². The Morgan fingerprint density at radius 3 is 1.56 bits per heavy atom. The van der Waals surface area contributed by atoms with Crippen molar-refractivity contribution in [2.45, 2.75) is 89.1 Å². The average molecular weight is 489 g/mol. The lowest BCUT2D eigenvalue weighted by Gasteiger charge is -2.37. The van der Waals surface area contributed by atoms with E-state index in [0.717, 1.165) is 36.8 Å². The van der Waals surface area contributed by atoms with Gasteiger partial charge in [-0.2, -0.15) is 0 Å². The van der Waals surface area contributed by atoms with Crippen molar-refractivity contribution in [1.82, 2.24) is 4.90 Å². The third kappa shape index (κ3) is 7.05. The Bertz CT molecular complexity index is 979. The molecule has 2 unspecified atom stereocenters. The molecule has 2 atom stereocenters. The number of hydrogen-bond donors (Lipinski definition) is 1. The number of carbonyl (C=O) groups is 3. The fraction of sp³-hybridized carbons (Fsp3) is 0.516. The lowest BCUT2D eigenvalue weighted by Crippen LogP contribution is -2.48. The maximum absolute atomic E-state index is 14.2. The van der Waals surface area contributed by atoms with Gasteiger partial charge in [-0.15, -0.1) is 0 Å². The summed E-state index contributed by atoms with van der Waals surface area (Å²) in [6.45, 7) is 0. The summed E-state index contributed by atoms with van der Waals surface area (Å²) in [6, 6.07) is 20.2. The van der Waals surface area contributed by atoms with Crippen LogP contribution in [-0.4, -0.2) is 34.6 Å². The van der Waals surface area contributed by atoms with E-state index in [2.05, 4.69) is 4.90 Å². The Labute approximate surface area is 215 Å². The highest BCUT2D eigenvalue weighted by atomic mass is 16.2. The van der Waals surface area contributed by atoms with Gasteiger partial charge in [0.2, 0.25) is 11.8 Å². The Morgan fingerprint density at radius 1 is 0.694 bits per heavy atom. The van der Waals surface area contributed by atoms with E-state index in [1.54, 1.807) is 0 Å². The van der Waals surface area contributed by atoms with Gasteiger partial charge in [-0.1, -0.05) is 86.3 Å². The monoisotopic (exact) mass is 488 g/mol. The number of Topliss-reactive ketones (excluding diaryl/α,β-unsaturated/α-hetero) is 1. The Balaban J connectivity index is 1.51. The second-order valence-electron chi connectivity index (χ2n) is 10.7. The Hall–Kier alpha value is -2.95. The lowest BCUT2D eigenvalue weighted by molar-refractivity contribution is -0.142. The summed E-state index contributed by atoms with van der Waals surface area (Å²) in [5.41, 5.74) is 7.75. The van der Waals surface area contributed by atoms with E-state index in [-0.39, 0.29) is 24.5 Å². The van der Waals surface area contributed by atoms with Gasteiger partial charge in [-0.3, -0.25) is 14.4 Å². The van der Waals surface area contributed by atoms with Crippen LogP contribution in [0.15, 0.2) is 60.7 Å². The second kappa shape index (κ2) is 12.8. The third-order valence-electron chi connectivity index (χ3n) is 8.04. The van der Waals surface area contributed by atoms with Crippen LogP contribution in [0.25, 0.3) is 0 Å². The molecule has 0 saturated heterocycles. The molecule has 2 aromatic carbocycles. The summed E-state index contributed by atoms with van der Waals surface area (Å²) >= 11 is 0. The fourth-order valence-electron chi connectivity index (χ4n) is 6.18. The SMILES string of the molecule is NC(=O)C(CC(=O)CC(Cc1ccccc1)C(=O)N(C1CCCC1)C1CCCC1)Cc1ccccc1. The van der Waals surface area contributed by atoms with Gasteiger partial charge in [0.05, 0.1) is 0 Å². The second-order valence-corrected chi connectivity index (χ2v) is 10.7. The summed E-state index contributed by atoms with van der Waals surface area (Å²) in [6.07, 6.45) is 10.2. The van der Waals surface area contributed by atoms with Crippen LogP contribution in [0.4, 0.5) is 0 Å². The standard InChI is InChI=1S/C31H40N2O3/c32-30(35)25(19-23-11-3-1-4-12-23)21-29(34)22-26(20-24-13-5-2-6-14-24)31(36)33(27-15-7-8-16-27)28-17-9-10-18-28/h1-6,11-14,25-28H,7-10,15-22H2,(H2,32,35). The van der Waals surface area contributed by atoms with Crippen LogP contribution in [0.3, 0.4) is 0 Å². The van der Waals surface area contributed by atoms with Crippen LogP contribution in [0.2, 0.25) is 0 Å². The molecule has 2 saturated carbocycles. The van der Waals surface area contributed by atoms with Gasteiger partial charge in [0.25, 0.3) is 0 Å². The highest BCUT2D eigenvalue weighted by molar-refractivity contribution is 5.90. The smallest absolute Gasteiger partial charge is 0.226 e. The summed E-state index contributed by atoms with van der Waals surface area (Å²) in [5.74, 6) is -1.36. The molecular weight excluding hydrogens is 448 g/mol. The van der Waals surface area contributed by atoms with Crippen molar-refractivity contribution in [1.29, 1.82) is 0 Å². The molecule has 192 valence electrons. The van der Waals surface area contributed by atoms with E-state index < -0.39 is 17.7 Å². The summed E-state index contributed by atoms with van der Waals surface area (Å²) in [7, 11) is 0. The molecule has 4 rings (SSSR count). The molecule has 0 aliphatic heterocycles. The predicted octanol–water partition coefficient (Wildman–Crippen LogP) is 5.25. The van der Waals surface area contributed by atoms with Gasteiger partial charge in [0.15, 0.2) is 0 Å². The first kappa shape index (κ1) is 26.1. The van der Waals surface area contributed by atoms with Crippen molar-refractivity contribution in [3.63, 3.8) is 0 Å². The van der Waals surface area contributed by atoms with E-state index >= 15 is 0 Å². The third-order valence-corrected chi connectivity index (χ3v) is 8.04. The van der Waals surface area contributed by atoms with E-state index in [9.17, 15) is 14.4 Å². The highest BCUT2D eigenvalue weighted by Gasteiger charge is 2.38. The fourth-order valence-corrected chi connectivity index (χ4v) is 6.18. The zero-order valence-corrected chi connectivity index (χ0v) is 21.3. The van der Waals surface area contributed by atoms with Gasteiger partial charge in [0.1, 0.15) is 5.78 Å². The van der Waals surface area contributed by atoms with Crippen molar-refractivity contribution in [2.75, 3.05) is 0 Å². The van der Waals surface area contributed by atoms with Gasteiger partial charge in [-0.05, 0) is 49.7 Å². The molecule has 0 aromatic heterocycles. The van der Waals surface area contributed by atoms with Crippen molar-refractivity contribution < 1.29 is 14.4 Å². The first-order chi connectivity index (χ1) is 17.5. The van der Waals surface area contributed by atoms with Crippen LogP contribution >= 0.6 is 0 Å². The number of rotatable bonds is 12. The molecule has 5 heteroatoms. The molecule has 2 fully saturated rings. The highest BCUT2D eigenvalue weighted by Crippen LogP contribution is 2.34. The summed E-state index contributed by atoms with van der Waals surface area (Å²) < 4.78 is 0. The quantitative estimate of drug-likeness (QED) is 0.443. The number of carbonyl (C=O) groups excluding carboxylic acids is 3. The molecule has 2 N–H and O–H groups in total. The minimum atomic E-state index is -0.562. The molecule has 2 aromatic rings. The van der Waals surface area contributed by atoms with E-state index in [1.807, 2.05) is 60.7 Å². The summed E-state index contributed by atoms with van der Waals surface area (Å²) in [5, 5.41) is 0. The maximum Gasteiger partial charge on any atom is 0.226 e. The average Bonchev–Trinajstić information content (AvgIpc) is 3.60. The van der Waals surface area contributed by atoms with Crippen molar-refractivity contribution in [2.24, 2.45) is 17.6 Å². The first-order valence-electron chi connectivity index (χ1n) is 13.7. The number of benzene rings is 2. The topological polar surface area (TPSA) is 80.5 Å². The van der Waals surface area contributed by atoms with Crippen LogP contribution in [-0.2, 0) is 27.2 Å². The molecule has 36 heavy (non-hydrogen) atoms. The molecule has 0 heterocycles. The largest absolute Gasteiger partial charge is 0.369 e. The predicted molar refractivity (Wildman–Crippen MR) is 142 cm³/mol. The van der Waals surface area contributed by atoms with Crippen LogP contribution in [0.5, 0.6) is 0 Å². The maximum atomic E-state index is 14.2. The molecule has 5 nitrogen and oxygen atoms in total. The van der Waals surface area contributed by atoms with Gasteiger partial charge >= 0.3 is 0 Å². The van der Waals surface area contributed by atoms with Crippen LogP contribution in [0, 0.1) is 11.8 Å². The number of nitrogens with two attached hydrogens (primary N) is 1. The number of primary amides is 1. The number of amides is 2. The molecule has 2 aliphatic rings.